The third-order valence-electron chi connectivity index (χ3n) is 3.41. The van der Waals surface area contributed by atoms with Gasteiger partial charge in [-0.2, -0.15) is 9.65 Å². The predicted octanol–water partition coefficient (Wildman–Crippen LogP) is 2.63. The van der Waals surface area contributed by atoms with Crippen molar-refractivity contribution in [3.05, 3.63) is 71.3 Å². The summed E-state index contributed by atoms with van der Waals surface area (Å²) in [6, 6.07) is 15.0. The number of imide groups is 1. The molecule has 0 saturated carbocycles. The van der Waals surface area contributed by atoms with Gasteiger partial charge < -0.3 is 0 Å². The van der Waals surface area contributed by atoms with Crippen LogP contribution in [0, 0.1) is 11.3 Å². The minimum Gasteiger partial charge on any atom is -0.268 e. The number of hydrogen-bond donors (Lipinski definition) is 0. The van der Waals surface area contributed by atoms with Crippen LogP contribution < -0.4 is 0 Å². The number of amides is 2. The Morgan fingerprint density at radius 3 is 1.86 bits per heavy atom. The highest BCUT2D eigenvalue weighted by Gasteiger charge is 2.51. The lowest BCUT2D eigenvalue weighted by atomic mass is 10.0. The van der Waals surface area contributed by atoms with E-state index in [1.807, 2.05) is 0 Å². The molecule has 0 bridgehead atoms. The van der Waals surface area contributed by atoms with Crippen LogP contribution in [0.4, 0.5) is 4.39 Å². The fourth-order valence-corrected chi connectivity index (χ4v) is 2.37. The second-order valence-electron chi connectivity index (χ2n) is 4.59. The van der Waals surface area contributed by atoms with Crippen LogP contribution in [0.2, 0.25) is 0 Å². The van der Waals surface area contributed by atoms with Crippen molar-refractivity contribution < 1.29 is 14.0 Å². The van der Waals surface area contributed by atoms with E-state index in [9.17, 15) is 14.9 Å². The molecule has 1 unspecified atom stereocenters. The normalized spacial score (nSPS) is 16.3. The number of hydrogen-bond acceptors (Lipinski definition) is 3. The fourth-order valence-electron chi connectivity index (χ4n) is 2.37. The number of alkyl halides is 1. The minimum absolute atomic E-state index is 0.0537. The molecule has 0 saturated heterocycles. The molecule has 0 N–H and O–H groups in total. The van der Waals surface area contributed by atoms with Crippen molar-refractivity contribution >= 4 is 11.8 Å². The number of nitriles is 1. The molecule has 5 heteroatoms. The molecule has 0 fully saturated rings. The molecular formula is C16H9FN2O2. The fraction of sp³-hybridized carbons (Fsp3) is 0.0625. The van der Waals surface area contributed by atoms with E-state index < -0.39 is 17.6 Å². The second kappa shape index (κ2) is 4.53. The zero-order valence-corrected chi connectivity index (χ0v) is 10.8. The number of halogens is 1. The van der Waals surface area contributed by atoms with Gasteiger partial charge in [0.25, 0.3) is 11.8 Å². The monoisotopic (exact) mass is 280 g/mol. The van der Waals surface area contributed by atoms with Crippen LogP contribution in [0.15, 0.2) is 54.6 Å². The highest BCUT2D eigenvalue weighted by atomic mass is 19.1. The van der Waals surface area contributed by atoms with E-state index in [-0.39, 0.29) is 16.7 Å². The summed E-state index contributed by atoms with van der Waals surface area (Å²) < 4.78 is 15.1. The first-order valence-corrected chi connectivity index (χ1v) is 6.23. The minimum atomic E-state index is -2.82. The molecule has 0 aromatic heterocycles. The summed E-state index contributed by atoms with van der Waals surface area (Å²) in [5.74, 6) is -4.43. The number of carbonyl (C=O) groups is 2. The standard InChI is InChI=1S/C16H9FN2O2/c17-16(10-18,11-6-2-1-3-7-11)19-14(20)12-8-4-5-9-13(12)15(19)21/h1-9H. The smallest absolute Gasteiger partial charge is 0.268 e. The van der Waals surface area contributed by atoms with Crippen LogP contribution in [0.5, 0.6) is 0 Å². The Kier molecular flexibility index (Phi) is 2.80. The van der Waals surface area contributed by atoms with Crippen LogP contribution in [0.1, 0.15) is 26.3 Å². The van der Waals surface area contributed by atoms with Gasteiger partial charge in [-0.3, -0.25) is 9.59 Å². The second-order valence-corrected chi connectivity index (χ2v) is 4.59. The number of nitrogens with zero attached hydrogens (tertiary/aromatic N) is 2. The first-order valence-electron chi connectivity index (χ1n) is 6.23. The Hall–Kier alpha value is -3.00. The quantitative estimate of drug-likeness (QED) is 0.627. The molecule has 1 aliphatic rings. The van der Waals surface area contributed by atoms with Crippen LogP contribution in [0.3, 0.4) is 0 Å². The van der Waals surface area contributed by atoms with Crippen molar-refractivity contribution in [1.82, 2.24) is 4.90 Å². The molecule has 102 valence electrons. The molecule has 1 aliphatic heterocycles. The van der Waals surface area contributed by atoms with Gasteiger partial charge in [0.1, 0.15) is 6.07 Å². The summed E-state index contributed by atoms with van der Waals surface area (Å²) in [6.07, 6.45) is 0. The van der Waals surface area contributed by atoms with E-state index in [1.165, 1.54) is 30.3 Å². The summed E-state index contributed by atoms with van der Waals surface area (Å²) in [5, 5.41) is 9.24. The molecule has 0 spiro atoms. The Labute approximate surface area is 120 Å². The lowest BCUT2D eigenvalue weighted by Gasteiger charge is -2.27. The average molecular weight is 280 g/mol. The first kappa shape index (κ1) is 13.0. The van der Waals surface area contributed by atoms with Crippen molar-refractivity contribution in [2.75, 3.05) is 0 Å². The zero-order valence-electron chi connectivity index (χ0n) is 10.8. The van der Waals surface area contributed by atoms with E-state index in [1.54, 1.807) is 30.3 Å². The van der Waals surface area contributed by atoms with E-state index in [2.05, 4.69) is 0 Å². The number of rotatable bonds is 2. The van der Waals surface area contributed by atoms with Gasteiger partial charge in [-0.25, -0.2) is 4.90 Å². The zero-order chi connectivity index (χ0) is 15.0. The van der Waals surface area contributed by atoms with Gasteiger partial charge in [0.2, 0.25) is 0 Å². The molecule has 2 aromatic carbocycles. The maximum Gasteiger partial charge on any atom is 0.304 e. The van der Waals surface area contributed by atoms with E-state index in [4.69, 9.17) is 0 Å². The molecule has 21 heavy (non-hydrogen) atoms. The molecule has 1 atom stereocenters. The largest absolute Gasteiger partial charge is 0.304 e. The van der Waals surface area contributed by atoms with Crippen molar-refractivity contribution in [2.24, 2.45) is 0 Å². The molecule has 2 amide bonds. The molecule has 0 radical (unpaired) electrons. The number of carbonyl (C=O) groups excluding carboxylic acids is 2. The third kappa shape index (κ3) is 1.73. The van der Waals surface area contributed by atoms with Gasteiger partial charge in [0.05, 0.1) is 11.1 Å². The van der Waals surface area contributed by atoms with Crippen molar-refractivity contribution in [3.63, 3.8) is 0 Å². The Morgan fingerprint density at radius 1 is 0.905 bits per heavy atom. The number of benzene rings is 2. The van der Waals surface area contributed by atoms with E-state index >= 15 is 4.39 Å². The van der Waals surface area contributed by atoms with Gasteiger partial charge in [-0.15, -0.1) is 0 Å². The molecule has 2 aromatic rings. The molecule has 4 nitrogen and oxygen atoms in total. The van der Waals surface area contributed by atoms with Crippen molar-refractivity contribution in [3.8, 4) is 6.07 Å². The molecule has 0 aliphatic carbocycles. The maximum atomic E-state index is 15.1. The highest BCUT2D eigenvalue weighted by molar-refractivity contribution is 6.22. The van der Waals surface area contributed by atoms with E-state index in [0.29, 0.717) is 4.90 Å². The van der Waals surface area contributed by atoms with Crippen molar-refractivity contribution in [1.29, 1.82) is 5.26 Å². The molecular weight excluding hydrogens is 271 g/mol. The summed E-state index contributed by atoms with van der Waals surface area (Å²) >= 11 is 0. The Morgan fingerprint density at radius 2 is 1.38 bits per heavy atom. The van der Waals surface area contributed by atoms with Gasteiger partial charge in [0, 0.05) is 5.56 Å². The van der Waals surface area contributed by atoms with Crippen LogP contribution in [-0.2, 0) is 5.79 Å². The van der Waals surface area contributed by atoms with Crippen LogP contribution in [0.25, 0.3) is 0 Å². The first-order chi connectivity index (χ1) is 10.1. The summed E-state index contributed by atoms with van der Waals surface area (Å²) in [4.78, 5) is 25.0. The average Bonchev–Trinajstić information content (AvgIpc) is 2.80. The lowest BCUT2D eigenvalue weighted by Crippen LogP contribution is -2.45. The summed E-state index contributed by atoms with van der Waals surface area (Å²) in [5.41, 5.74) is 0.161. The van der Waals surface area contributed by atoms with E-state index in [0.717, 1.165) is 0 Å². The third-order valence-corrected chi connectivity index (χ3v) is 3.41. The maximum absolute atomic E-state index is 15.1. The Bertz CT molecular complexity index is 747. The predicted molar refractivity (Wildman–Crippen MR) is 71.8 cm³/mol. The van der Waals surface area contributed by atoms with Crippen LogP contribution in [-0.4, -0.2) is 16.7 Å². The molecule has 1 heterocycles. The van der Waals surface area contributed by atoms with Gasteiger partial charge >= 0.3 is 5.79 Å². The van der Waals surface area contributed by atoms with Crippen molar-refractivity contribution in [2.45, 2.75) is 5.79 Å². The SMILES string of the molecule is N#CC(F)(c1ccccc1)N1C(=O)c2ccccc2C1=O. The topological polar surface area (TPSA) is 61.2 Å². The van der Waals surface area contributed by atoms with Gasteiger partial charge in [0.15, 0.2) is 0 Å². The number of fused-ring (bicyclic) bond motifs is 1. The summed E-state index contributed by atoms with van der Waals surface area (Å²) in [7, 11) is 0. The highest BCUT2D eigenvalue weighted by Crippen LogP contribution is 2.36. The Balaban J connectivity index is 2.15. The molecule has 3 rings (SSSR count). The lowest BCUT2D eigenvalue weighted by molar-refractivity contribution is 0.0182. The van der Waals surface area contributed by atoms with Gasteiger partial charge in [-0.1, -0.05) is 42.5 Å². The van der Waals surface area contributed by atoms with Crippen LogP contribution >= 0.6 is 0 Å². The summed E-state index contributed by atoms with van der Waals surface area (Å²) in [6.45, 7) is 0. The van der Waals surface area contributed by atoms with Gasteiger partial charge in [-0.05, 0) is 12.1 Å².